The Morgan fingerprint density at radius 3 is 2.28 bits per heavy atom. The maximum atomic E-state index is 13.7. The van der Waals surface area contributed by atoms with Crippen molar-refractivity contribution in [2.24, 2.45) is 0 Å². The second-order valence-electron chi connectivity index (χ2n) is 8.38. The van der Waals surface area contributed by atoms with Crippen molar-refractivity contribution in [1.29, 1.82) is 0 Å². The summed E-state index contributed by atoms with van der Waals surface area (Å²) in [6.45, 7) is 4.04. The van der Waals surface area contributed by atoms with E-state index in [1.54, 1.807) is 12.1 Å². The molecule has 2 amide bonds. The van der Waals surface area contributed by atoms with Gasteiger partial charge in [0.25, 0.3) is 0 Å². The molecule has 0 aliphatic carbocycles. The molecule has 0 fully saturated rings. The van der Waals surface area contributed by atoms with Gasteiger partial charge in [-0.1, -0.05) is 50.6 Å². The summed E-state index contributed by atoms with van der Waals surface area (Å²) in [7, 11) is -0.974. The number of methoxy groups -OCH3 is 2. The van der Waals surface area contributed by atoms with Crippen molar-refractivity contribution in [3.05, 3.63) is 54.1 Å². The van der Waals surface area contributed by atoms with Gasteiger partial charge >= 0.3 is 0 Å². The van der Waals surface area contributed by atoms with Gasteiger partial charge in [0.05, 0.1) is 26.2 Å². The number of carbonyl (C=O) groups excluding carboxylic acids is 2. The van der Waals surface area contributed by atoms with Crippen LogP contribution < -0.4 is 19.1 Å². The summed E-state index contributed by atoms with van der Waals surface area (Å²) < 4.78 is 37.2. The van der Waals surface area contributed by atoms with E-state index in [4.69, 9.17) is 9.47 Å². The quantitative estimate of drug-likeness (QED) is 0.385. The number of sulfonamides is 1. The highest BCUT2D eigenvalue weighted by Crippen LogP contribution is 2.33. The van der Waals surface area contributed by atoms with Crippen LogP contribution in [0.4, 0.5) is 5.69 Å². The SMILES string of the molecule is CCCCNC(=O)C(CC)N(Cc1ccccc1)C(=O)CN(c1ccc(OC)cc1OC)S(C)(=O)=O. The van der Waals surface area contributed by atoms with Gasteiger partial charge in [0, 0.05) is 19.2 Å². The molecule has 0 saturated carbocycles. The first-order valence-electron chi connectivity index (χ1n) is 12.0. The highest BCUT2D eigenvalue weighted by Gasteiger charge is 2.32. The van der Waals surface area contributed by atoms with Gasteiger partial charge in [-0.3, -0.25) is 13.9 Å². The molecule has 36 heavy (non-hydrogen) atoms. The number of carbonyl (C=O) groups is 2. The minimum absolute atomic E-state index is 0.163. The Balaban J connectivity index is 2.44. The first kappa shape index (κ1) is 29.0. The molecule has 0 spiro atoms. The molecule has 0 aliphatic rings. The standard InChI is InChI=1S/C26H37N3O6S/c1-6-8-16-27-26(31)22(7-2)28(18-20-12-10-9-11-13-20)25(30)19-29(36(5,32)33)23-15-14-21(34-3)17-24(23)35-4/h9-15,17,22H,6-8,16,18-19H2,1-5H3,(H,27,31). The Kier molecular flexibility index (Phi) is 11.0. The van der Waals surface area contributed by atoms with Crippen molar-refractivity contribution in [3.8, 4) is 11.5 Å². The topological polar surface area (TPSA) is 105 Å². The predicted molar refractivity (Wildman–Crippen MR) is 141 cm³/mol. The normalized spacial score (nSPS) is 11.9. The number of nitrogens with one attached hydrogen (secondary N) is 1. The van der Waals surface area contributed by atoms with Crippen LogP contribution in [-0.2, 0) is 26.2 Å². The van der Waals surface area contributed by atoms with Crippen LogP contribution in [0.3, 0.4) is 0 Å². The third-order valence-electron chi connectivity index (χ3n) is 5.75. The van der Waals surface area contributed by atoms with Crippen molar-refractivity contribution in [1.82, 2.24) is 10.2 Å². The molecule has 2 rings (SSSR count). The molecule has 1 atom stereocenters. The summed E-state index contributed by atoms with van der Waals surface area (Å²) >= 11 is 0. The predicted octanol–water partition coefficient (Wildman–Crippen LogP) is 3.19. The number of ether oxygens (including phenoxy) is 2. The van der Waals surface area contributed by atoms with E-state index >= 15 is 0 Å². The number of benzene rings is 2. The first-order valence-corrected chi connectivity index (χ1v) is 13.8. The lowest BCUT2D eigenvalue weighted by atomic mass is 10.1. The zero-order chi connectivity index (χ0) is 26.7. The first-order chi connectivity index (χ1) is 17.2. The minimum Gasteiger partial charge on any atom is -0.497 e. The number of amides is 2. The van der Waals surface area contributed by atoms with E-state index in [9.17, 15) is 18.0 Å². The number of rotatable bonds is 14. The molecule has 9 nitrogen and oxygen atoms in total. The molecule has 1 unspecified atom stereocenters. The summed E-state index contributed by atoms with van der Waals surface area (Å²) in [5.41, 5.74) is 1.04. The maximum absolute atomic E-state index is 13.7. The Bertz CT molecular complexity index is 1110. The molecule has 0 radical (unpaired) electrons. The largest absolute Gasteiger partial charge is 0.497 e. The number of unbranched alkanes of at least 4 members (excludes halogenated alkanes) is 1. The van der Waals surface area contributed by atoms with Gasteiger partial charge in [0.2, 0.25) is 21.8 Å². The summed E-state index contributed by atoms with van der Waals surface area (Å²) in [5.74, 6) is -0.0368. The van der Waals surface area contributed by atoms with E-state index in [2.05, 4.69) is 5.32 Å². The zero-order valence-corrected chi connectivity index (χ0v) is 22.5. The van der Waals surface area contributed by atoms with Crippen molar-refractivity contribution in [3.63, 3.8) is 0 Å². The van der Waals surface area contributed by atoms with Crippen LogP contribution in [0.15, 0.2) is 48.5 Å². The lowest BCUT2D eigenvalue weighted by molar-refractivity contribution is -0.140. The highest BCUT2D eigenvalue weighted by atomic mass is 32.2. The molecular formula is C26H37N3O6S. The summed E-state index contributed by atoms with van der Waals surface area (Å²) in [6, 6.07) is 13.2. The summed E-state index contributed by atoms with van der Waals surface area (Å²) in [6.07, 6.45) is 3.16. The van der Waals surface area contributed by atoms with Crippen LogP contribution in [0.25, 0.3) is 0 Å². The van der Waals surface area contributed by atoms with E-state index in [-0.39, 0.29) is 23.9 Å². The molecule has 198 valence electrons. The average molecular weight is 520 g/mol. The zero-order valence-electron chi connectivity index (χ0n) is 21.7. The van der Waals surface area contributed by atoms with Crippen LogP contribution in [0.1, 0.15) is 38.7 Å². The van der Waals surface area contributed by atoms with Gasteiger partial charge in [0.15, 0.2) is 0 Å². The van der Waals surface area contributed by atoms with Crippen molar-refractivity contribution in [2.45, 2.75) is 45.7 Å². The third kappa shape index (κ3) is 7.87. The molecule has 1 N–H and O–H groups in total. The Morgan fingerprint density at radius 1 is 1.03 bits per heavy atom. The fraction of sp³-hybridized carbons (Fsp3) is 0.462. The molecule has 0 saturated heterocycles. The van der Waals surface area contributed by atoms with Gasteiger partial charge < -0.3 is 19.7 Å². The second-order valence-corrected chi connectivity index (χ2v) is 10.3. The van der Waals surface area contributed by atoms with E-state index in [0.717, 1.165) is 29.0 Å². The number of nitrogens with zero attached hydrogens (tertiary/aromatic N) is 2. The molecular weight excluding hydrogens is 482 g/mol. The number of anilines is 1. The smallest absolute Gasteiger partial charge is 0.244 e. The van der Waals surface area contributed by atoms with E-state index in [0.29, 0.717) is 18.7 Å². The fourth-order valence-electron chi connectivity index (χ4n) is 3.79. The van der Waals surface area contributed by atoms with Crippen LogP contribution in [-0.4, -0.2) is 64.7 Å². The van der Waals surface area contributed by atoms with Gasteiger partial charge in [-0.05, 0) is 30.5 Å². The van der Waals surface area contributed by atoms with Crippen molar-refractivity contribution < 1.29 is 27.5 Å². The molecule has 0 heterocycles. The molecule has 2 aromatic rings. The monoisotopic (exact) mass is 519 g/mol. The average Bonchev–Trinajstić information content (AvgIpc) is 2.86. The number of hydrogen-bond acceptors (Lipinski definition) is 6. The van der Waals surface area contributed by atoms with Crippen LogP contribution >= 0.6 is 0 Å². The van der Waals surface area contributed by atoms with Crippen LogP contribution in [0.2, 0.25) is 0 Å². The Morgan fingerprint density at radius 2 is 1.72 bits per heavy atom. The minimum atomic E-state index is -3.88. The Hall–Kier alpha value is -3.27. The van der Waals surface area contributed by atoms with Crippen LogP contribution in [0.5, 0.6) is 11.5 Å². The van der Waals surface area contributed by atoms with Crippen LogP contribution in [0, 0.1) is 0 Å². The van der Waals surface area contributed by atoms with Crippen molar-refractivity contribution >= 4 is 27.5 Å². The third-order valence-corrected chi connectivity index (χ3v) is 6.87. The lowest BCUT2D eigenvalue weighted by Crippen LogP contribution is -2.52. The number of hydrogen-bond donors (Lipinski definition) is 1. The molecule has 0 bridgehead atoms. The molecule has 0 aliphatic heterocycles. The summed E-state index contributed by atoms with van der Waals surface area (Å²) in [5, 5.41) is 2.90. The maximum Gasteiger partial charge on any atom is 0.244 e. The van der Waals surface area contributed by atoms with Gasteiger partial charge in [-0.25, -0.2) is 8.42 Å². The van der Waals surface area contributed by atoms with Gasteiger partial charge in [0.1, 0.15) is 24.1 Å². The molecule has 0 aromatic heterocycles. The van der Waals surface area contributed by atoms with E-state index < -0.39 is 28.5 Å². The summed E-state index contributed by atoms with van der Waals surface area (Å²) in [4.78, 5) is 28.2. The lowest BCUT2D eigenvalue weighted by Gasteiger charge is -2.33. The molecule has 2 aromatic carbocycles. The van der Waals surface area contributed by atoms with Gasteiger partial charge in [-0.2, -0.15) is 0 Å². The second kappa shape index (κ2) is 13.7. The Labute approximate surface area is 214 Å². The highest BCUT2D eigenvalue weighted by molar-refractivity contribution is 7.92. The van der Waals surface area contributed by atoms with Gasteiger partial charge in [-0.15, -0.1) is 0 Å². The fourth-order valence-corrected chi connectivity index (χ4v) is 4.64. The van der Waals surface area contributed by atoms with E-state index in [1.807, 2.05) is 44.2 Å². The van der Waals surface area contributed by atoms with E-state index in [1.165, 1.54) is 25.2 Å². The molecule has 10 heteroatoms. The van der Waals surface area contributed by atoms with Crippen molar-refractivity contribution in [2.75, 3.05) is 37.9 Å².